The van der Waals surface area contributed by atoms with Crippen LogP contribution >= 0.6 is 27.5 Å². The van der Waals surface area contributed by atoms with Gasteiger partial charge in [0, 0.05) is 21.3 Å². The van der Waals surface area contributed by atoms with E-state index in [-0.39, 0.29) is 5.91 Å². The van der Waals surface area contributed by atoms with Gasteiger partial charge in [-0.05, 0) is 54.5 Å². The minimum absolute atomic E-state index is 0.165. The average molecular weight is 351 g/mol. The summed E-state index contributed by atoms with van der Waals surface area (Å²) in [4.78, 5) is 11.8. The minimum atomic E-state index is -0.165. The quantitative estimate of drug-likeness (QED) is 0.770. The van der Waals surface area contributed by atoms with E-state index in [1.807, 2.05) is 37.3 Å². The zero-order valence-corrected chi connectivity index (χ0v) is 13.2. The van der Waals surface area contributed by atoms with Crippen LogP contribution in [0.3, 0.4) is 0 Å². The Hall–Kier alpha value is -1.58. The standard InChI is InChI=1S/C16H13BrClNO/c1-11-10-14(7-8-15(11)17)19-16(20)9-4-12-2-5-13(18)6-3-12/h2-10H,1H3,(H,19,20)/b9-4+. The van der Waals surface area contributed by atoms with Crippen molar-refractivity contribution in [1.29, 1.82) is 0 Å². The van der Waals surface area contributed by atoms with E-state index >= 15 is 0 Å². The number of benzene rings is 2. The summed E-state index contributed by atoms with van der Waals surface area (Å²) in [6.45, 7) is 1.98. The Morgan fingerprint density at radius 3 is 2.55 bits per heavy atom. The molecule has 0 aliphatic rings. The molecule has 0 heterocycles. The van der Waals surface area contributed by atoms with E-state index in [0.717, 1.165) is 21.3 Å². The first-order chi connectivity index (χ1) is 9.54. The van der Waals surface area contributed by atoms with Crippen LogP contribution in [0.5, 0.6) is 0 Å². The second kappa shape index (κ2) is 6.73. The molecule has 102 valence electrons. The van der Waals surface area contributed by atoms with Crippen molar-refractivity contribution in [2.45, 2.75) is 6.92 Å². The molecule has 0 saturated heterocycles. The lowest BCUT2D eigenvalue weighted by Gasteiger charge is -2.04. The van der Waals surface area contributed by atoms with Gasteiger partial charge in [0.2, 0.25) is 5.91 Å². The van der Waals surface area contributed by atoms with Gasteiger partial charge in [0.05, 0.1) is 0 Å². The Morgan fingerprint density at radius 1 is 1.20 bits per heavy atom. The fourth-order valence-electron chi connectivity index (χ4n) is 1.65. The van der Waals surface area contributed by atoms with E-state index in [2.05, 4.69) is 21.2 Å². The smallest absolute Gasteiger partial charge is 0.248 e. The van der Waals surface area contributed by atoms with Gasteiger partial charge >= 0.3 is 0 Å². The Morgan fingerprint density at radius 2 is 1.90 bits per heavy atom. The zero-order chi connectivity index (χ0) is 14.5. The molecule has 0 aromatic heterocycles. The lowest BCUT2D eigenvalue weighted by atomic mass is 10.2. The van der Waals surface area contributed by atoms with Crippen molar-refractivity contribution in [3.8, 4) is 0 Å². The highest BCUT2D eigenvalue weighted by Crippen LogP contribution is 2.20. The number of carbonyl (C=O) groups is 1. The summed E-state index contributed by atoms with van der Waals surface area (Å²) in [5.74, 6) is -0.165. The van der Waals surface area contributed by atoms with Crippen molar-refractivity contribution in [3.05, 3.63) is 69.2 Å². The monoisotopic (exact) mass is 349 g/mol. The molecule has 0 aliphatic carbocycles. The summed E-state index contributed by atoms with van der Waals surface area (Å²) in [6, 6.07) is 13.0. The van der Waals surface area contributed by atoms with E-state index in [9.17, 15) is 4.79 Å². The molecule has 0 fully saturated rings. The number of nitrogens with one attached hydrogen (secondary N) is 1. The number of carbonyl (C=O) groups excluding carboxylic acids is 1. The van der Waals surface area contributed by atoms with Gasteiger partial charge in [-0.3, -0.25) is 4.79 Å². The summed E-state index contributed by atoms with van der Waals surface area (Å²) in [6.07, 6.45) is 3.25. The van der Waals surface area contributed by atoms with Crippen LogP contribution in [-0.2, 0) is 4.79 Å². The molecular weight excluding hydrogens is 338 g/mol. The van der Waals surface area contributed by atoms with Gasteiger partial charge in [0.1, 0.15) is 0 Å². The molecule has 0 saturated carbocycles. The van der Waals surface area contributed by atoms with Gasteiger partial charge in [-0.25, -0.2) is 0 Å². The van der Waals surface area contributed by atoms with Crippen molar-refractivity contribution < 1.29 is 4.79 Å². The molecule has 2 aromatic carbocycles. The van der Waals surface area contributed by atoms with Crippen LogP contribution in [0.4, 0.5) is 5.69 Å². The Labute approximate surface area is 131 Å². The predicted molar refractivity (Wildman–Crippen MR) is 88.0 cm³/mol. The molecule has 0 bridgehead atoms. The lowest BCUT2D eigenvalue weighted by molar-refractivity contribution is -0.111. The number of aryl methyl sites for hydroxylation is 1. The van der Waals surface area contributed by atoms with Gasteiger partial charge in [-0.1, -0.05) is 39.7 Å². The molecule has 1 amide bonds. The molecule has 0 spiro atoms. The molecule has 0 atom stereocenters. The molecular formula is C16H13BrClNO. The minimum Gasteiger partial charge on any atom is -0.323 e. The summed E-state index contributed by atoms with van der Waals surface area (Å²) in [7, 11) is 0. The van der Waals surface area contributed by atoms with Crippen LogP contribution in [0, 0.1) is 6.92 Å². The van der Waals surface area contributed by atoms with Crippen LogP contribution in [0.2, 0.25) is 5.02 Å². The number of halogens is 2. The van der Waals surface area contributed by atoms with Crippen molar-refractivity contribution in [1.82, 2.24) is 0 Å². The van der Waals surface area contributed by atoms with E-state index < -0.39 is 0 Å². The maximum absolute atomic E-state index is 11.8. The van der Waals surface area contributed by atoms with Gasteiger partial charge in [0.15, 0.2) is 0 Å². The van der Waals surface area contributed by atoms with Crippen LogP contribution in [0.25, 0.3) is 6.08 Å². The van der Waals surface area contributed by atoms with Crippen LogP contribution < -0.4 is 5.32 Å². The SMILES string of the molecule is Cc1cc(NC(=O)/C=C/c2ccc(Cl)cc2)ccc1Br. The van der Waals surface area contributed by atoms with Gasteiger partial charge in [-0.15, -0.1) is 0 Å². The molecule has 4 heteroatoms. The molecule has 1 N–H and O–H groups in total. The van der Waals surface area contributed by atoms with Crippen molar-refractivity contribution in [2.24, 2.45) is 0 Å². The number of hydrogen-bond acceptors (Lipinski definition) is 1. The third-order valence-corrected chi connectivity index (χ3v) is 3.86. The Balaban J connectivity index is 2.01. The van der Waals surface area contributed by atoms with Gasteiger partial charge in [0.25, 0.3) is 0 Å². The maximum Gasteiger partial charge on any atom is 0.248 e. The highest BCUT2D eigenvalue weighted by atomic mass is 79.9. The largest absolute Gasteiger partial charge is 0.323 e. The molecule has 0 radical (unpaired) electrons. The predicted octanol–water partition coefficient (Wildman–Crippen LogP) is 5.06. The van der Waals surface area contributed by atoms with Gasteiger partial charge in [-0.2, -0.15) is 0 Å². The third-order valence-electron chi connectivity index (χ3n) is 2.72. The number of hydrogen-bond donors (Lipinski definition) is 1. The first-order valence-electron chi connectivity index (χ1n) is 6.05. The van der Waals surface area contributed by atoms with Crippen LogP contribution in [0.15, 0.2) is 53.0 Å². The molecule has 0 aliphatic heterocycles. The summed E-state index contributed by atoms with van der Waals surface area (Å²) in [5.41, 5.74) is 2.78. The second-order valence-corrected chi connectivity index (χ2v) is 5.63. The van der Waals surface area contributed by atoms with Crippen molar-refractivity contribution in [3.63, 3.8) is 0 Å². The fourth-order valence-corrected chi connectivity index (χ4v) is 2.02. The van der Waals surface area contributed by atoms with E-state index in [0.29, 0.717) is 5.02 Å². The third kappa shape index (κ3) is 4.22. The van der Waals surface area contributed by atoms with Crippen molar-refractivity contribution >= 4 is 45.2 Å². The summed E-state index contributed by atoms with van der Waals surface area (Å²) < 4.78 is 1.02. The van der Waals surface area contributed by atoms with Crippen LogP contribution in [0.1, 0.15) is 11.1 Å². The first kappa shape index (κ1) is 14.8. The van der Waals surface area contributed by atoms with Crippen LogP contribution in [-0.4, -0.2) is 5.91 Å². The molecule has 2 nitrogen and oxygen atoms in total. The van der Waals surface area contributed by atoms with Crippen molar-refractivity contribution in [2.75, 3.05) is 5.32 Å². The second-order valence-electron chi connectivity index (χ2n) is 4.34. The Kier molecular flexibility index (Phi) is 4.99. The normalized spacial score (nSPS) is 10.8. The molecule has 20 heavy (non-hydrogen) atoms. The van der Waals surface area contributed by atoms with E-state index in [4.69, 9.17) is 11.6 Å². The molecule has 2 rings (SSSR count). The first-order valence-corrected chi connectivity index (χ1v) is 7.22. The molecule has 2 aromatic rings. The zero-order valence-electron chi connectivity index (χ0n) is 10.9. The lowest BCUT2D eigenvalue weighted by Crippen LogP contribution is -2.07. The summed E-state index contributed by atoms with van der Waals surface area (Å²) >= 11 is 9.23. The maximum atomic E-state index is 11.8. The fraction of sp³-hybridized carbons (Fsp3) is 0.0625. The number of amides is 1. The van der Waals surface area contributed by atoms with Gasteiger partial charge < -0.3 is 5.32 Å². The topological polar surface area (TPSA) is 29.1 Å². The highest BCUT2D eigenvalue weighted by molar-refractivity contribution is 9.10. The molecule has 0 unspecified atom stereocenters. The Bertz CT molecular complexity index is 650. The van der Waals surface area contributed by atoms with E-state index in [1.54, 1.807) is 18.2 Å². The number of rotatable bonds is 3. The highest BCUT2D eigenvalue weighted by Gasteiger charge is 2.00. The average Bonchev–Trinajstić information content (AvgIpc) is 2.42. The summed E-state index contributed by atoms with van der Waals surface area (Å²) in [5, 5.41) is 3.50. The van der Waals surface area contributed by atoms with E-state index in [1.165, 1.54) is 6.08 Å². The number of anilines is 1.